The van der Waals surface area contributed by atoms with Crippen molar-refractivity contribution in [3.8, 4) is 5.69 Å². The molecule has 33 heavy (non-hydrogen) atoms. The van der Waals surface area contributed by atoms with Crippen LogP contribution in [0.2, 0.25) is 0 Å². The Bertz CT molecular complexity index is 1130. The molecule has 2 atom stereocenters. The van der Waals surface area contributed by atoms with Gasteiger partial charge in [-0.05, 0) is 56.0 Å². The summed E-state index contributed by atoms with van der Waals surface area (Å²) in [6, 6.07) is 19.7. The van der Waals surface area contributed by atoms with E-state index in [-0.39, 0.29) is 23.4 Å². The third kappa shape index (κ3) is 4.06. The summed E-state index contributed by atoms with van der Waals surface area (Å²) < 4.78 is 1.76. The van der Waals surface area contributed by atoms with Crippen LogP contribution in [-0.2, 0) is 11.3 Å². The number of carbonyl (C=O) groups excluding carboxylic acids is 2. The topological polar surface area (TPSA) is 58.4 Å². The van der Waals surface area contributed by atoms with Crippen LogP contribution in [0.15, 0.2) is 73.1 Å². The van der Waals surface area contributed by atoms with Crippen LogP contribution in [0, 0.1) is 0 Å². The molecule has 3 aromatic rings. The fourth-order valence-corrected chi connectivity index (χ4v) is 5.47. The van der Waals surface area contributed by atoms with Crippen LogP contribution in [-0.4, -0.2) is 49.5 Å². The second kappa shape index (κ2) is 8.85. The van der Waals surface area contributed by atoms with Gasteiger partial charge in [0.25, 0.3) is 5.91 Å². The van der Waals surface area contributed by atoms with Gasteiger partial charge in [-0.2, -0.15) is 5.10 Å². The molecule has 2 aromatic carbocycles. The molecule has 3 heterocycles. The van der Waals surface area contributed by atoms with Gasteiger partial charge in [0.1, 0.15) is 0 Å². The maximum Gasteiger partial charge on any atom is 0.254 e. The summed E-state index contributed by atoms with van der Waals surface area (Å²) in [5, 5.41) is 4.29. The molecule has 0 spiro atoms. The normalized spacial score (nSPS) is 23.2. The molecule has 0 bridgehead atoms. The third-order valence-corrected chi connectivity index (χ3v) is 7.30. The van der Waals surface area contributed by atoms with Crippen LogP contribution in [0.4, 0.5) is 0 Å². The monoisotopic (exact) mass is 442 g/mol. The fourth-order valence-electron chi connectivity index (χ4n) is 5.47. The van der Waals surface area contributed by atoms with Crippen LogP contribution in [0.25, 0.3) is 5.69 Å². The Hall–Kier alpha value is -3.41. The van der Waals surface area contributed by atoms with Crippen molar-refractivity contribution < 1.29 is 9.59 Å². The highest BCUT2D eigenvalue weighted by Gasteiger charge is 2.51. The highest BCUT2D eigenvalue weighted by molar-refractivity contribution is 5.95. The molecule has 0 saturated carbocycles. The van der Waals surface area contributed by atoms with E-state index < -0.39 is 0 Å². The van der Waals surface area contributed by atoms with E-state index in [1.807, 2.05) is 59.6 Å². The molecule has 170 valence electrons. The molecular weight excluding hydrogens is 412 g/mol. The zero-order valence-corrected chi connectivity index (χ0v) is 19.1. The Kier molecular flexibility index (Phi) is 5.75. The summed E-state index contributed by atoms with van der Waals surface area (Å²) in [7, 11) is 0. The summed E-state index contributed by atoms with van der Waals surface area (Å²) in [5.41, 5.74) is 2.28. The lowest BCUT2D eigenvalue weighted by molar-refractivity contribution is -0.140. The van der Waals surface area contributed by atoms with Crippen molar-refractivity contribution in [3.05, 3.63) is 84.2 Å². The number of fused-ring (bicyclic) bond motifs is 1. The Labute approximate surface area is 194 Å². The zero-order valence-electron chi connectivity index (χ0n) is 19.1. The van der Waals surface area contributed by atoms with Gasteiger partial charge in [-0.1, -0.05) is 42.8 Å². The second-order valence-corrected chi connectivity index (χ2v) is 9.33. The van der Waals surface area contributed by atoms with E-state index in [4.69, 9.17) is 0 Å². The van der Waals surface area contributed by atoms with Gasteiger partial charge >= 0.3 is 0 Å². The predicted molar refractivity (Wildman–Crippen MR) is 127 cm³/mol. The van der Waals surface area contributed by atoms with E-state index in [2.05, 4.69) is 29.1 Å². The number of hydrogen-bond donors (Lipinski definition) is 0. The van der Waals surface area contributed by atoms with Crippen molar-refractivity contribution in [3.63, 3.8) is 0 Å². The number of hydrogen-bond acceptors (Lipinski definition) is 3. The molecule has 0 aliphatic carbocycles. The molecule has 6 nitrogen and oxygen atoms in total. The number of nitrogens with zero attached hydrogens (tertiary/aromatic N) is 4. The number of carbonyl (C=O) groups is 2. The first kappa shape index (κ1) is 21.4. The predicted octanol–water partition coefficient (Wildman–Crippen LogP) is 4.45. The average Bonchev–Trinajstić information content (AvgIpc) is 3.49. The van der Waals surface area contributed by atoms with Gasteiger partial charge in [-0.3, -0.25) is 9.59 Å². The molecule has 0 unspecified atom stereocenters. The van der Waals surface area contributed by atoms with Crippen LogP contribution in [0.5, 0.6) is 0 Å². The Morgan fingerprint density at radius 2 is 1.94 bits per heavy atom. The molecule has 2 amide bonds. The maximum atomic E-state index is 13.7. The van der Waals surface area contributed by atoms with E-state index in [0.717, 1.165) is 36.9 Å². The lowest BCUT2D eigenvalue weighted by Crippen LogP contribution is -2.58. The highest BCUT2D eigenvalue weighted by atomic mass is 16.2. The lowest BCUT2D eigenvalue weighted by Gasteiger charge is -2.45. The quantitative estimate of drug-likeness (QED) is 0.600. The average molecular weight is 443 g/mol. The van der Waals surface area contributed by atoms with Crippen molar-refractivity contribution in [1.82, 2.24) is 19.6 Å². The first-order chi connectivity index (χ1) is 16.1. The van der Waals surface area contributed by atoms with Crippen molar-refractivity contribution in [2.75, 3.05) is 6.54 Å². The van der Waals surface area contributed by atoms with Crippen molar-refractivity contribution in [2.45, 2.75) is 57.2 Å². The first-order valence-corrected chi connectivity index (χ1v) is 11.8. The van der Waals surface area contributed by atoms with Crippen LogP contribution < -0.4 is 0 Å². The molecule has 2 fully saturated rings. The van der Waals surface area contributed by atoms with Crippen molar-refractivity contribution >= 4 is 11.8 Å². The van der Waals surface area contributed by atoms with Gasteiger partial charge in [-0.25, -0.2) is 4.68 Å². The summed E-state index contributed by atoms with van der Waals surface area (Å²) >= 11 is 0. The number of likely N-dealkylation sites (tertiary alicyclic amines) is 2. The number of amides is 2. The SMILES string of the molecule is C[C@@]12CCN(C(=O)c3cccc(-n4cccn4)c3)[C@@H]1CCCCC(=O)N2Cc1ccccc1. The van der Waals surface area contributed by atoms with Gasteiger partial charge in [0.15, 0.2) is 0 Å². The molecule has 0 radical (unpaired) electrons. The number of benzene rings is 2. The van der Waals surface area contributed by atoms with Gasteiger partial charge in [-0.15, -0.1) is 0 Å². The van der Waals surface area contributed by atoms with E-state index in [0.29, 0.717) is 25.1 Å². The minimum Gasteiger partial charge on any atom is -0.333 e. The third-order valence-electron chi connectivity index (χ3n) is 7.30. The van der Waals surface area contributed by atoms with Gasteiger partial charge in [0.2, 0.25) is 5.91 Å². The molecule has 0 N–H and O–H groups in total. The molecule has 2 aliphatic rings. The smallest absolute Gasteiger partial charge is 0.254 e. The van der Waals surface area contributed by atoms with E-state index >= 15 is 0 Å². The van der Waals surface area contributed by atoms with Gasteiger partial charge in [0.05, 0.1) is 17.3 Å². The fraction of sp³-hybridized carbons (Fsp3) is 0.370. The lowest BCUT2D eigenvalue weighted by atomic mass is 9.84. The van der Waals surface area contributed by atoms with Crippen molar-refractivity contribution in [2.24, 2.45) is 0 Å². The Morgan fingerprint density at radius 1 is 1.09 bits per heavy atom. The number of aromatic nitrogens is 2. The maximum absolute atomic E-state index is 13.7. The van der Waals surface area contributed by atoms with E-state index in [1.165, 1.54) is 0 Å². The van der Waals surface area contributed by atoms with Crippen LogP contribution >= 0.6 is 0 Å². The van der Waals surface area contributed by atoms with Crippen LogP contribution in [0.1, 0.15) is 54.9 Å². The molecule has 2 aliphatic heterocycles. The molecular formula is C27H30N4O2. The molecule has 2 saturated heterocycles. The van der Waals surface area contributed by atoms with Crippen molar-refractivity contribution in [1.29, 1.82) is 0 Å². The summed E-state index contributed by atoms with van der Waals surface area (Å²) in [6.45, 7) is 3.42. The Morgan fingerprint density at radius 3 is 2.73 bits per heavy atom. The van der Waals surface area contributed by atoms with Gasteiger partial charge < -0.3 is 9.80 Å². The highest BCUT2D eigenvalue weighted by Crippen LogP contribution is 2.40. The molecule has 6 heteroatoms. The first-order valence-electron chi connectivity index (χ1n) is 11.8. The van der Waals surface area contributed by atoms with E-state index in [9.17, 15) is 9.59 Å². The summed E-state index contributed by atoms with van der Waals surface area (Å²) in [6.07, 6.45) is 7.72. The molecule has 1 aromatic heterocycles. The minimum atomic E-state index is -0.372. The Balaban J connectivity index is 1.44. The summed E-state index contributed by atoms with van der Waals surface area (Å²) in [4.78, 5) is 31.0. The largest absolute Gasteiger partial charge is 0.333 e. The number of rotatable bonds is 4. The summed E-state index contributed by atoms with van der Waals surface area (Å²) in [5.74, 6) is 0.228. The zero-order chi connectivity index (χ0) is 22.8. The standard InChI is InChI=1S/C27H30N4O2/c1-27-15-18-29(26(33)22-11-7-12-23(19-22)31-17-8-16-28-31)24(27)13-5-6-14-25(32)30(27)20-21-9-3-2-4-10-21/h2-4,7-12,16-17,19,24H,5-6,13-15,18,20H2,1H3/t24-,27-/m1/s1. The second-order valence-electron chi connectivity index (χ2n) is 9.33. The van der Waals surface area contributed by atoms with E-state index in [1.54, 1.807) is 10.9 Å². The minimum absolute atomic E-state index is 0.00585. The van der Waals surface area contributed by atoms with Gasteiger partial charge in [0, 0.05) is 37.5 Å². The van der Waals surface area contributed by atoms with Crippen LogP contribution in [0.3, 0.4) is 0 Å². The molecule has 5 rings (SSSR count).